The molecule has 0 fully saturated rings. The van der Waals surface area contributed by atoms with Gasteiger partial charge in [-0.3, -0.25) is 0 Å². The minimum absolute atomic E-state index is 0.0524. The van der Waals surface area contributed by atoms with E-state index in [9.17, 15) is 0 Å². The molecule has 11 rings (SSSR count). The van der Waals surface area contributed by atoms with Crippen molar-refractivity contribution >= 4 is 32.8 Å². The molecule has 0 N–H and O–H groups in total. The average Bonchev–Trinajstić information content (AvgIpc) is 3.91. The Morgan fingerprint density at radius 3 is 1.89 bits per heavy atom. The molecule has 0 aliphatic heterocycles. The molecule has 10 aromatic rings. The maximum absolute atomic E-state index is 9.10. The van der Waals surface area contributed by atoms with Crippen molar-refractivity contribution in [3.63, 3.8) is 0 Å². The van der Waals surface area contributed by atoms with Gasteiger partial charge in [0, 0.05) is 6.20 Å². The van der Waals surface area contributed by atoms with E-state index in [0.717, 1.165) is 33.3 Å². The van der Waals surface area contributed by atoms with Crippen molar-refractivity contribution in [1.82, 2.24) is 18.7 Å². The van der Waals surface area contributed by atoms with E-state index in [2.05, 4.69) is 103 Å². The SMILES string of the molecule is [2H]c1c([2H])c([2H])c(-c2cccc(-c3c([2H])c([2H])c([2H])c([2H])c3[2H])c2-n2[c](=[Pt])n(-c3cccc(Oc4ccc5c6c7c(ccc6n(-c6cc(C)ccn6)c5c4)C(C)(C)C(C)(C)C7(C)C)c3)c3ccccc32)c([2H])c1[2H]. The fourth-order valence-electron chi connectivity index (χ4n) is 9.99. The van der Waals surface area contributed by atoms with Crippen LogP contribution in [0.2, 0.25) is 0 Å². The third-order valence-corrected chi connectivity index (χ3v) is 15.3. The molecule has 3 aromatic heterocycles. The number of nitrogens with zero attached hydrogens (tertiary/aromatic N) is 4. The van der Waals surface area contributed by atoms with Crippen LogP contribution < -0.4 is 4.74 Å². The van der Waals surface area contributed by atoms with E-state index < -0.39 is 60.4 Å². The summed E-state index contributed by atoms with van der Waals surface area (Å²) in [6, 6.07) is 30.0. The van der Waals surface area contributed by atoms with Crippen molar-refractivity contribution < 1.29 is 37.8 Å². The van der Waals surface area contributed by atoms with Gasteiger partial charge in [0.1, 0.15) is 0 Å². The monoisotopic (exact) mass is 1020 g/mol. The fourth-order valence-corrected chi connectivity index (χ4v) is 11.1. The van der Waals surface area contributed by atoms with E-state index in [4.69, 9.17) is 23.4 Å². The molecular formula is C58H50N4OPt. The Morgan fingerprint density at radius 2 is 1.22 bits per heavy atom. The molecule has 3 heterocycles. The molecule has 0 saturated carbocycles. The molecular weight excluding hydrogens is 964 g/mol. The second-order valence-electron chi connectivity index (χ2n) is 18.2. The van der Waals surface area contributed by atoms with Crippen LogP contribution in [-0.4, -0.2) is 18.7 Å². The first kappa shape index (κ1) is 30.5. The maximum atomic E-state index is 9.10. The number of pyridine rings is 1. The summed E-state index contributed by atoms with van der Waals surface area (Å²) in [6.07, 6.45) is 1.85. The van der Waals surface area contributed by atoms with Gasteiger partial charge in [-0.2, -0.15) is 0 Å². The summed E-state index contributed by atoms with van der Waals surface area (Å²) in [7, 11) is 0. The fraction of sp³-hybridized carbons (Fsp3) is 0.172. The standard InChI is InChI=1S/C58H50N4O.Pt/c1-38-32-33-59-52(34-38)62-50-31-30-47-54(57(4,5)58(6,7)56(47,2)3)53(50)46-29-28-43(36-51(46)62)63-42-23-16-22-41(35-42)60-37-61(49-27-15-14-26-48(49)60)55-44(39-18-10-8-11-19-39)24-17-25-45(55)40-20-12-9-13-21-40;/h8-36H,1-7H3;/i8D,9D,10D,11D,12D,13D,18D,19D,20D,21D;. The number of aromatic nitrogens is 4. The van der Waals surface area contributed by atoms with Gasteiger partial charge in [0.25, 0.3) is 0 Å². The van der Waals surface area contributed by atoms with Gasteiger partial charge in [0.05, 0.1) is 0 Å². The van der Waals surface area contributed by atoms with E-state index in [0.29, 0.717) is 26.5 Å². The zero-order valence-electron chi connectivity index (χ0n) is 46.5. The predicted octanol–water partition coefficient (Wildman–Crippen LogP) is 15.0. The third kappa shape index (κ3) is 5.93. The number of imidazole rings is 1. The van der Waals surface area contributed by atoms with Crippen LogP contribution in [0, 0.1) is 16.1 Å². The molecule has 0 bridgehead atoms. The number of ether oxygens (including phenoxy) is 1. The van der Waals surface area contributed by atoms with Crippen molar-refractivity contribution in [2.45, 2.75) is 59.3 Å². The zero-order valence-corrected chi connectivity index (χ0v) is 38.8. The van der Waals surface area contributed by atoms with Crippen molar-refractivity contribution in [3.05, 3.63) is 196 Å². The van der Waals surface area contributed by atoms with Crippen LogP contribution in [0.15, 0.2) is 176 Å². The van der Waals surface area contributed by atoms with Gasteiger partial charge in [-0.15, -0.1) is 0 Å². The topological polar surface area (TPSA) is 36.9 Å². The van der Waals surface area contributed by atoms with Crippen LogP contribution in [0.1, 0.15) is 71.9 Å². The van der Waals surface area contributed by atoms with E-state index >= 15 is 0 Å². The Kier molecular flexibility index (Phi) is 7.04. The normalized spacial score (nSPS) is 17.1. The van der Waals surface area contributed by atoms with Crippen LogP contribution in [0.3, 0.4) is 0 Å². The Morgan fingerprint density at radius 1 is 0.578 bits per heavy atom. The molecule has 0 spiro atoms. The molecule has 1 aliphatic carbocycles. The molecule has 0 atom stereocenters. The van der Waals surface area contributed by atoms with Crippen LogP contribution in [-0.2, 0) is 30.2 Å². The molecule has 318 valence electrons. The summed E-state index contributed by atoms with van der Waals surface area (Å²) < 4.78 is 101. The van der Waals surface area contributed by atoms with Gasteiger partial charge >= 0.3 is 307 Å². The minimum atomic E-state index is -0.556. The molecule has 0 radical (unpaired) electrons. The van der Waals surface area contributed by atoms with Crippen LogP contribution in [0.4, 0.5) is 0 Å². The number of hydrogen-bond acceptors (Lipinski definition) is 2. The Labute approximate surface area is 399 Å². The number of fused-ring (bicyclic) bond motifs is 6. The Hall–Kier alpha value is -6.55. The van der Waals surface area contributed by atoms with Crippen LogP contribution >= 0.6 is 0 Å². The van der Waals surface area contributed by atoms with Crippen molar-refractivity contribution in [2.75, 3.05) is 0 Å². The summed E-state index contributed by atoms with van der Waals surface area (Å²) in [5.41, 5.74) is 8.00. The van der Waals surface area contributed by atoms with Gasteiger partial charge in [-0.1, -0.05) is 47.6 Å². The number of para-hydroxylation sites is 3. The first-order chi connectivity index (χ1) is 35.0. The number of aryl methyl sites for hydroxylation is 1. The second-order valence-corrected chi connectivity index (χ2v) is 19.2. The van der Waals surface area contributed by atoms with E-state index in [-0.39, 0.29) is 44.2 Å². The summed E-state index contributed by atoms with van der Waals surface area (Å²) in [4.78, 5) is 4.90. The molecule has 7 aromatic carbocycles. The van der Waals surface area contributed by atoms with Gasteiger partial charge in [0.15, 0.2) is 0 Å². The van der Waals surface area contributed by atoms with Crippen molar-refractivity contribution in [2.24, 2.45) is 5.41 Å². The van der Waals surface area contributed by atoms with Crippen molar-refractivity contribution in [1.29, 1.82) is 0 Å². The predicted molar refractivity (Wildman–Crippen MR) is 260 cm³/mol. The molecule has 6 heteroatoms. The third-order valence-electron chi connectivity index (χ3n) is 14.3. The summed E-state index contributed by atoms with van der Waals surface area (Å²) in [6.45, 7) is 16.3. The van der Waals surface area contributed by atoms with Gasteiger partial charge < -0.3 is 0 Å². The van der Waals surface area contributed by atoms with Crippen LogP contribution in [0.5, 0.6) is 11.5 Å². The zero-order chi connectivity index (χ0) is 52.8. The van der Waals surface area contributed by atoms with Crippen molar-refractivity contribution in [3.8, 4) is 50.9 Å². The number of hydrogen-bond donors (Lipinski definition) is 0. The number of benzene rings is 7. The van der Waals surface area contributed by atoms with Crippen LogP contribution in [0.25, 0.3) is 72.3 Å². The summed E-state index contributed by atoms with van der Waals surface area (Å²) in [5.74, 6) is 1.97. The summed E-state index contributed by atoms with van der Waals surface area (Å²) >= 11 is 2.18. The molecule has 5 nitrogen and oxygen atoms in total. The first-order valence-corrected chi connectivity index (χ1v) is 22.4. The molecule has 1 aliphatic rings. The quantitative estimate of drug-likeness (QED) is 0.160. The number of rotatable bonds is 7. The molecule has 64 heavy (non-hydrogen) atoms. The molecule has 0 amide bonds. The van der Waals surface area contributed by atoms with E-state index in [1.807, 2.05) is 76.0 Å². The van der Waals surface area contributed by atoms with E-state index in [1.165, 1.54) is 16.5 Å². The molecule has 0 unspecified atom stereocenters. The van der Waals surface area contributed by atoms with Gasteiger partial charge in [-0.05, 0) is 40.4 Å². The molecule has 0 saturated heterocycles. The second kappa shape index (κ2) is 14.8. The van der Waals surface area contributed by atoms with Gasteiger partial charge in [0.2, 0.25) is 0 Å². The average molecular weight is 1020 g/mol. The van der Waals surface area contributed by atoms with E-state index in [1.54, 1.807) is 18.2 Å². The van der Waals surface area contributed by atoms with Gasteiger partial charge in [-0.25, -0.2) is 0 Å². The summed E-state index contributed by atoms with van der Waals surface area (Å²) in [5, 5.41) is 2.32. The Balaban J connectivity index is 1.11. The first-order valence-electron chi connectivity index (χ1n) is 26.3. The Bertz CT molecular complexity index is 4010.